The first-order chi connectivity index (χ1) is 19.9. The van der Waals surface area contributed by atoms with E-state index in [9.17, 15) is 14.7 Å². The van der Waals surface area contributed by atoms with Gasteiger partial charge in [0.25, 0.3) is 5.91 Å². The Labute approximate surface area is 240 Å². The van der Waals surface area contributed by atoms with E-state index in [-0.39, 0.29) is 17.6 Å². The van der Waals surface area contributed by atoms with E-state index < -0.39 is 0 Å². The Morgan fingerprint density at radius 2 is 1.80 bits per heavy atom. The van der Waals surface area contributed by atoms with E-state index in [1.165, 1.54) is 23.2 Å². The fourth-order valence-electron chi connectivity index (χ4n) is 4.86. The number of ketones is 1. The van der Waals surface area contributed by atoms with Gasteiger partial charge in [-0.1, -0.05) is 24.3 Å². The second-order valence-corrected chi connectivity index (χ2v) is 10.8. The molecule has 6 rings (SSSR count). The highest BCUT2D eigenvalue weighted by atomic mass is 32.1. The average Bonchev–Trinajstić information content (AvgIpc) is 3.64. The molecule has 0 radical (unpaired) electrons. The topological polar surface area (TPSA) is 114 Å². The van der Waals surface area contributed by atoms with Gasteiger partial charge in [0.15, 0.2) is 11.7 Å². The second kappa shape index (κ2) is 11.4. The van der Waals surface area contributed by atoms with Gasteiger partial charge < -0.3 is 25.2 Å². The normalized spacial score (nSPS) is 14.1. The van der Waals surface area contributed by atoms with Crippen LogP contribution in [0.25, 0.3) is 10.9 Å². The number of benzene rings is 3. The van der Waals surface area contributed by atoms with Crippen molar-refractivity contribution in [1.82, 2.24) is 14.9 Å². The zero-order valence-electron chi connectivity index (χ0n) is 22.4. The molecule has 0 bridgehead atoms. The Balaban J connectivity index is 1.17. The summed E-state index contributed by atoms with van der Waals surface area (Å²) in [6.07, 6.45) is 3.13. The van der Waals surface area contributed by atoms with Crippen molar-refractivity contribution in [2.75, 3.05) is 43.4 Å². The standard InChI is InChI=1S/C31H28N6O3S/c1-36-11-13-37(14-12-36)24-8-6-22(7-9-24)33-17-26-25-10-5-21(16-27(25)35-30(26)39)29(38)20-3-2-4-23(15-20)34-31(40)28-18-32-19-41-28/h2-10,15-19,35,39H,11-14H2,1H3,(H,34,40). The Morgan fingerprint density at radius 3 is 2.56 bits per heavy atom. The number of thiazole rings is 1. The number of aliphatic imine (C=N–C) groups is 1. The first-order valence-corrected chi connectivity index (χ1v) is 14.1. The number of H-pyrrole nitrogens is 1. The molecule has 1 aliphatic rings. The van der Waals surface area contributed by atoms with Gasteiger partial charge in [-0.25, -0.2) is 0 Å². The van der Waals surface area contributed by atoms with Crippen molar-refractivity contribution in [3.05, 3.63) is 100 Å². The Hall–Kier alpha value is -4.80. The number of nitrogens with zero attached hydrogens (tertiary/aromatic N) is 4. The number of carbonyl (C=O) groups is 2. The van der Waals surface area contributed by atoms with Crippen LogP contribution < -0.4 is 10.2 Å². The molecule has 0 atom stereocenters. The molecule has 10 heteroatoms. The minimum atomic E-state index is -0.277. The lowest BCUT2D eigenvalue weighted by molar-refractivity contribution is 0.102. The van der Waals surface area contributed by atoms with Gasteiger partial charge in [-0.15, -0.1) is 11.3 Å². The zero-order chi connectivity index (χ0) is 28.3. The van der Waals surface area contributed by atoms with E-state index >= 15 is 0 Å². The number of carbonyl (C=O) groups excluding carboxylic acids is 2. The summed E-state index contributed by atoms with van der Waals surface area (Å²) in [5, 5.41) is 14.2. The molecule has 1 fully saturated rings. The predicted molar refractivity (Wildman–Crippen MR) is 163 cm³/mol. The maximum absolute atomic E-state index is 13.3. The fourth-order valence-corrected chi connectivity index (χ4v) is 5.37. The van der Waals surface area contributed by atoms with Crippen molar-refractivity contribution in [1.29, 1.82) is 0 Å². The number of aromatic hydroxyl groups is 1. The van der Waals surface area contributed by atoms with Crippen LogP contribution in [0.2, 0.25) is 0 Å². The van der Waals surface area contributed by atoms with Crippen LogP contribution in [0.5, 0.6) is 5.88 Å². The van der Waals surface area contributed by atoms with Crippen LogP contribution in [-0.4, -0.2) is 71.1 Å². The van der Waals surface area contributed by atoms with Crippen LogP contribution in [0.15, 0.2) is 83.4 Å². The van der Waals surface area contributed by atoms with Gasteiger partial charge in [0, 0.05) is 65.8 Å². The number of anilines is 2. The fraction of sp³-hybridized carbons (Fsp3) is 0.161. The van der Waals surface area contributed by atoms with Crippen LogP contribution in [0, 0.1) is 0 Å². The molecule has 3 heterocycles. The maximum Gasteiger partial charge on any atom is 0.267 e. The van der Waals surface area contributed by atoms with Crippen molar-refractivity contribution in [3.8, 4) is 5.88 Å². The molecule has 41 heavy (non-hydrogen) atoms. The first kappa shape index (κ1) is 26.4. The molecule has 1 aliphatic heterocycles. The summed E-state index contributed by atoms with van der Waals surface area (Å²) in [7, 11) is 2.14. The lowest BCUT2D eigenvalue weighted by Gasteiger charge is -2.34. The third-order valence-corrected chi connectivity index (χ3v) is 7.95. The summed E-state index contributed by atoms with van der Waals surface area (Å²) in [5.41, 5.74) is 6.12. The van der Waals surface area contributed by atoms with E-state index in [4.69, 9.17) is 0 Å². The van der Waals surface area contributed by atoms with Gasteiger partial charge in [-0.3, -0.25) is 19.6 Å². The highest BCUT2D eigenvalue weighted by molar-refractivity contribution is 7.11. The highest BCUT2D eigenvalue weighted by Crippen LogP contribution is 2.29. The SMILES string of the molecule is CN1CCN(c2ccc(N=Cc3c(O)[nH]c4cc(C(=O)c5cccc(NC(=O)c6cncs6)c5)ccc34)cc2)CC1. The molecule has 0 saturated carbocycles. The van der Waals surface area contributed by atoms with Crippen LogP contribution in [0.1, 0.15) is 31.2 Å². The lowest BCUT2D eigenvalue weighted by atomic mass is 10.0. The molecular weight excluding hydrogens is 536 g/mol. The Morgan fingerprint density at radius 1 is 1.02 bits per heavy atom. The van der Waals surface area contributed by atoms with Gasteiger partial charge >= 0.3 is 0 Å². The number of hydrogen-bond acceptors (Lipinski definition) is 8. The largest absolute Gasteiger partial charge is 0.494 e. The average molecular weight is 565 g/mol. The first-order valence-electron chi connectivity index (χ1n) is 13.2. The molecule has 206 valence electrons. The number of aromatic nitrogens is 2. The van der Waals surface area contributed by atoms with Gasteiger partial charge in [0.2, 0.25) is 0 Å². The Bertz CT molecular complexity index is 1740. The number of aromatic amines is 1. The van der Waals surface area contributed by atoms with E-state index in [0.717, 1.165) is 37.3 Å². The van der Waals surface area contributed by atoms with E-state index in [0.29, 0.717) is 32.8 Å². The monoisotopic (exact) mass is 564 g/mol. The molecule has 0 aliphatic carbocycles. The van der Waals surface area contributed by atoms with E-state index in [1.54, 1.807) is 54.2 Å². The number of piperazine rings is 1. The summed E-state index contributed by atoms with van der Waals surface area (Å²) >= 11 is 1.24. The molecular formula is C31H28N6O3S. The van der Waals surface area contributed by atoms with Crippen molar-refractivity contribution >= 4 is 57.2 Å². The summed E-state index contributed by atoms with van der Waals surface area (Å²) < 4.78 is 0. The Kier molecular flexibility index (Phi) is 7.32. The molecule has 2 aromatic heterocycles. The van der Waals surface area contributed by atoms with Crippen molar-refractivity contribution < 1.29 is 14.7 Å². The number of likely N-dealkylation sites (N-methyl/N-ethyl adjacent to an activating group) is 1. The molecule has 3 aromatic carbocycles. The predicted octanol–water partition coefficient (Wildman–Crippen LogP) is 5.32. The zero-order valence-corrected chi connectivity index (χ0v) is 23.2. The quantitative estimate of drug-likeness (QED) is 0.182. The summed E-state index contributed by atoms with van der Waals surface area (Å²) in [6, 6.07) is 20.1. The van der Waals surface area contributed by atoms with E-state index in [1.807, 2.05) is 12.1 Å². The maximum atomic E-state index is 13.3. The minimum Gasteiger partial charge on any atom is -0.494 e. The molecule has 0 unspecified atom stereocenters. The van der Waals surface area contributed by atoms with E-state index in [2.05, 4.69) is 49.3 Å². The summed E-state index contributed by atoms with van der Waals surface area (Å²) in [5.74, 6) is -0.499. The molecule has 1 saturated heterocycles. The smallest absolute Gasteiger partial charge is 0.267 e. The number of amides is 1. The van der Waals surface area contributed by atoms with Crippen molar-refractivity contribution in [2.45, 2.75) is 0 Å². The van der Waals surface area contributed by atoms with Gasteiger partial charge in [0.1, 0.15) is 4.88 Å². The molecule has 3 N–H and O–H groups in total. The number of hydrogen-bond donors (Lipinski definition) is 3. The third-order valence-electron chi connectivity index (χ3n) is 7.18. The molecule has 0 spiro atoms. The number of nitrogens with one attached hydrogen (secondary N) is 2. The summed E-state index contributed by atoms with van der Waals surface area (Å²) in [6.45, 7) is 4.10. The van der Waals surface area contributed by atoms with Gasteiger partial charge in [0.05, 0.1) is 23.0 Å². The van der Waals surface area contributed by atoms with Crippen LogP contribution in [-0.2, 0) is 0 Å². The third kappa shape index (κ3) is 5.74. The van der Waals surface area contributed by atoms with Crippen molar-refractivity contribution in [2.24, 2.45) is 4.99 Å². The van der Waals surface area contributed by atoms with Crippen molar-refractivity contribution in [3.63, 3.8) is 0 Å². The molecule has 5 aromatic rings. The molecule has 9 nitrogen and oxygen atoms in total. The summed E-state index contributed by atoms with van der Waals surface area (Å²) in [4.78, 5) is 42.3. The lowest BCUT2D eigenvalue weighted by Crippen LogP contribution is -2.44. The second-order valence-electron chi connectivity index (χ2n) is 9.94. The van der Waals surface area contributed by atoms with Crippen LogP contribution in [0.4, 0.5) is 17.1 Å². The van der Waals surface area contributed by atoms with Gasteiger partial charge in [-0.05, 0) is 49.5 Å². The molecule has 1 amide bonds. The number of rotatable bonds is 7. The highest BCUT2D eigenvalue weighted by Gasteiger charge is 2.16. The van der Waals surface area contributed by atoms with Gasteiger partial charge in [-0.2, -0.15) is 0 Å². The van der Waals surface area contributed by atoms with Crippen LogP contribution >= 0.6 is 11.3 Å². The number of fused-ring (bicyclic) bond motifs is 1. The van der Waals surface area contributed by atoms with Crippen LogP contribution in [0.3, 0.4) is 0 Å². The minimum absolute atomic E-state index is 0.0183.